The van der Waals surface area contributed by atoms with Gasteiger partial charge in [0.25, 0.3) is 0 Å². The van der Waals surface area contributed by atoms with E-state index in [-0.39, 0.29) is 6.79 Å². The molecular weight excluding hydrogens is 294 g/mol. The van der Waals surface area contributed by atoms with Gasteiger partial charge in [0.1, 0.15) is 11.8 Å². The van der Waals surface area contributed by atoms with Gasteiger partial charge in [-0.15, -0.1) is 5.10 Å². The molecule has 0 bridgehead atoms. The smallest absolute Gasteiger partial charge is 0.231 e. The second kappa shape index (κ2) is 5.42. The molecule has 3 aromatic rings. The van der Waals surface area contributed by atoms with Gasteiger partial charge in [0.2, 0.25) is 6.79 Å². The number of benzene rings is 1. The second-order valence-electron chi connectivity index (χ2n) is 4.95. The summed E-state index contributed by atoms with van der Waals surface area (Å²) in [7, 11) is 0. The first-order valence-electron chi connectivity index (χ1n) is 6.98. The van der Waals surface area contributed by atoms with Gasteiger partial charge < -0.3 is 9.47 Å². The lowest BCUT2D eigenvalue weighted by Gasteiger charge is -2.02. The van der Waals surface area contributed by atoms with E-state index in [9.17, 15) is 5.26 Å². The van der Waals surface area contributed by atoms with Crippen LogP contribution in [0.5, 0.6) is 11.5 Å². The van der Waals surface area contributed by atoms with E-state index in [4.69, 9.17) is 9.47 Å². The van der Waals surface area contributed by atoms with Crippen molar-refractivity contribution in [2.24, 2.45) is 0 Å². The van der Waals surface area contributed by atoms with Crippen LogP contribution in [-0.2, 0) is 6.54 Å². The maximum Gasteiger partial charge on any atom is 0.231 e. The monoisotopic (exact) mass is 305 g/mol. The van der Waals surface area contributed by atoms with Crippen molar-refractivity contribution >= 4 is 0 Å². The molecule has 0 N–H and O–H groups in total. The van der Waals surface area contributed by atoms with Crippen LogP contribution in [-0.4, -0.2) is 26.8 Å². The molecule has 7 heteroatoms. The summed E-state index contributed by atoms with van der Waals surface area (Å²) in [6.07, 6.45) is 1.71. The highest BCUT2D eigenvalue weighted by Gasteiger charge is 2.19. The largest absolute Gasteiger partial charge is 0.454 e. The maximum atomic E-state index is 9.49. The van der Waals surface area contributed by atoms with E-state index in [1.54, 1.807) is 23.0 Å². The standard InChI is InChI=1S/C16H11N5O2/c17-8-13-16(11-4-5-14-15(7-11)23-10-22-14)19-20-21(13)9-12-3-1-2-6-18-12/h1-7H,9-10H2. The van der Waals surface area contributed by atoms with Crippen molar-refractivity contribution < 1.29 is 9.47 Å². The van der Waals surface area contributed by atoms with Crippen LogP contribution in [0.25, 0.3) is 11.3 Å². The van der Waals surface area contributed by atoms with Crippen LogP contribution >= 0.6 is 0 Å². The molecule has 3 heterocycles. The third-order valence-electron chi connectivity index (χ3n) is 3.52. The van der Waals surface area contributed by atoms with Gasteiger partial charge in [0.05, 0.1) is 12.2 Å². The summed E-state index contributed by atoms with van der Waals surface area (Å²) in [6, 6.07) is 13.2. The van der Waals surface area contributed by atoms with E-state index >= 15 is 0 Å². The SMILES string of the molecule is N#Cc1c(-c2ccc3c(c2)OCO3)nnn1Cc1ccccn1. The quantitative estimate of drug-likeness (QED) is 0.735. The summed E-state index contributed by atoms with van der Waals surface area (Å²) in [5.74, 6) is 1.33. The van der Waals surface area contributed by atoms with E-state index < -0.39 is 0 Å². The average molecular weight is 305 g/mol. The highest BCUT2D eigenvalue weighted by molar-refractivity contribution is 5.68. The number of fused-ring (bicyclic) bond motifs is 1. The molecule has 2 aromatic heterocycles. The van der Waals surface area contributed by atoms with E-state index in [2.05, 4.69) is 21.4 Å². The Balaban J connectivity index is 1.72. The number of hydrogen-bond donors (Lipinski definition) is 0. The molecule has 0 saturated heterocycles. The Morgan fingerprint density at radius 1 is 1.17 bits per heavy atom. The molecule has 1 aliphatic heterocycles. The topological polar surface area (TPSA) is 85.9 Å². The summed E-state index contributed by atoms with van der Waals surface area (Å²) in [5, 5.41) is 17.7. The minimum Gasteiger partial charge on any atom is -0.454 e. The van der Waals surface area contributed by atoms with Gasteiger partial charge in [-0.05, 0) is 30.3 Å². The average Bonchev–Trinajstić information content (AvgIpc) is 3.21. The molecule has 0 spiro atoms. The van der Waals surface area contributed by atoms with Gasteiger partial charge >= 0.3 is 0 Å². The van der Waals surface area contributed by atoms with E-state index in [1.165, 1.54) is 0 Å². The number of ether oxygens (including phenoxy) is 2. The molecule has 23 heavy (non-hydrogen) atoms. The van der Waals surface area contributed by atoms with E-state index in [0.717, 1.165) is 11.3 Å². The fraction of sp³-hybridized carbons (Fsp3) is 0.125. The third kappa shape index (κ3) is 2.36. The Bertz CT molecular complexity index is 899. The van der Waals surface area contributed by atoms with Crippen LogP contribution < -0.4 is 9.47 Å². The molecule has 0 unspecified atom stereocenters. The molecule has 0 amide bonds. The summed E-state index contributed by atoms with van der Waals surface area (Å²) in [5.41, 5.74) is 2.47. The van der Waals surface area contributed by atoms with E-state index in [1.807, 2.05) is 24.3 Å². The molecule has 112 valence electrons. The Hall–Kier alpha value is -3.40. The molecular formula is C16H11N5O2. The van der Waals surface area contributed by atoms with E-state index in [0.29, 0.717) is 29.4 Å². The molecule has 0 atom stereocenters. The van der Waals surface area contributed by atoms with Gasteiger partial charge in [-0.3, -0.25) is 4.98 Å². The van der Waals surface area contributed by atoms with Crippen molar-refractivity contribution in [3.05, 3.63) is 54.0 Å². The molecule has 7 nitrogen and oxygen atoms in total. The zero-order chi connectivity index (χ0) is 15.6. The van der Waals surface area contributed by atoms with Crippen LogP contribution in [0.3, 0.4) is 0 Å². The lowest BCUT2D eigenvalue weighted by atomic mass is 10.1. The van der Waals surface area contributed by atoms with Crippen molar-refractivity contribution in [1.82, 2.24) is 20.0 Å². The van der Waals surface area contributed by atoms with Crippen molar-refractivity contribution in [1.29, 1.82) is 5.26 Å². The van der Waals surface area contributed by atoms with Gasteiger partial charge in [-0.1, -0.05) is 11.3 Å². The Morgan fingerprint density at radius 2 is 2.09 bits per heavy atom. The Morgan fingerprint density at radius 3 is 2.91 bits per heavy atom. The normalized spacial score (nSPS) is 12.1. The summed E-state index contributed by atoms with van der Waals surface area (Å²) < 4.78 is 12.2. The number of nitriles is 1. The molecule has 0 saturated carbocycles. The van der Waals surface area contributed by atoms with Gasteiger partial charge in [0.15, 0.2) is 17.2 Å². The molecule has 0 fully saturated rings. The third-order valence-corrected chi connectivity index (χ3v) is 3.52. The summed E-state index contributed by atoms with van der Waals surface area (Å²) in [4.78, 5) is 4.24. The first kappa shape index (κ1) is 13.3. The highest BCUT2D eigenvalue weighted by Crippen LogP contribution is 2.36. The van der Waals surface area contributed by atoms with Crippen molar-refractivity contribution in [3.63, 3.8) is 0 Å². The summed E-state index contributed by atoms with van der Waals surface area (Å²) >= 11 is 0. The zero-order valence-corrected chi connectivity index (χ0v) is 12.0. The first-order chi connectivity index (χ1) is 11.3. The maximum absolute atomic E-state index is 9.49. The molecule has 4 rings (SSSR count). The van der Waals surface area contributed by atoms with Crippen LogP contribution in [0, 0.1) is 11.3 Å². The number of pyridine rings is 1. The summed E-state index contributed by atoms with van der Waals surface area (Å²) in [6.45, 7) is 0.595. The zero-order valence-electron chi connectivity index (χ0n) is 12.0. The number of hydrogen-bond acceptors (Lipinski definition) is 6. The van der Waals surface area contributed by atoms with Gasteiger partial charge in [-0.2, -0.15) is 5.26 Å². The van der Waals surface area contributed by atoms with Gasteiger partial charge in [-0.25, -0.2) is 4.68 Å². The highest BCUT2D eigenvalue weighted by atomic mass is 16.7. The second-order valence-corrected chi connectivity index (χ2v) is 4.95. The lowest BCUT2D eigenvalue weighted by Crippen LogP contribution is -2.06. The van der Waals surface area contributed by atoms with Crippen LogP contribution in [0.4, 0.5) is 0 Å². The number of aromatic nitrogens is 4. The molecule has 0 radical (unpaired) electrons. The molecule has 1 aromatic carbocycles. The Labute approximate surface area is 131 Å². The predicted molar refractivity (Wildman–Crippen MR) is 79.6 cm³/mol. The van der Waals surface area contributed by atoms with Crippen molar-refractivity contribution in [2.75, 3.05) is 6.79 Å². The Kier molecular flexibility index (Phi) is 3.13. The van der Waals surface area contributed by atoms with Crippen molar-refractivity contribution in [3.8, 4) is 28.8 Å². The first-order valence-corrected chi connectivity index (χ1v) is 6.98. The number of nitrogens with zero attached hydrogens (tertiary/aromatic N) is 5. The lowest BCUT2D eigenvalue weighted by molar-refractivity contribution is 0.174. The number of rotatable bonds is 3. The van der Waals surface area contributed by atoms with Crippen molar-refractivity contribution in [2.45, 2.75) is 6.54 Å². The predicted octanol–water partition coefficient (Wildman–Crippen LogP) is 1.99. The van der Waals surface area contributed by atoms with Crippen LogP contribution in [0.15, 0.2) is 42.6 Å². The van der Waals surface area contributed by atoms with Crippen LogP contribution in [0.2, 0.25) is 0 Å². The minimum absolute atomic E-state index is 0.205. The minimum atomic E-state index is 0.205. The van der Waals surface area contributed by atoms with Crippen LogP contribution in [0.1, 0.15) is 11.4 Å². The fourth-order valence-corrected chi connectivity index (χ4v) is 2.42. The van der Waals surface area contributed by atoms with Gasteiger partial charge in [0, 0.05) is 11.8 Å². The fourth-order valence-electron chi connectivity index (χ4n) is 2.42. The molecule has 1 aliphatic rings. The molecule has 0 aliphatic carbocycles.